The molecule has 0 unspecified atom stereocenters. The Bertz CT molecular complexity index is 637. The van der Waals surface area contributed by atoms with Crippen LogP contribution < -0.4 is 10.2 Å². The molecule has 24 heavy (non-hydrogen) atoms. The van der Waals surface area contributed by atoms with Crippen molar-refractivity contribution in [1.82, 2.24) is 15.2 Å². The van der Waals surface area contributed by atoms with Crippen molar-refractivity contribution in [2.24, 2.45) is 0 Å². The Morgan fingerprint density at radius 3 is 2.79 bits per heavy atom. The molecule has 2 heterocycles. The van der Waals surface area contributed by atoms with Crippen molar-refractivity contribution in [3.63, 3.8) is 0 Å². The summed E-state index contributed by atoms with van der Waals surface area (Å²) in [5.41, 5.74) is 1.24. The molecule has 2 aromatic rings. The molecule has 1 fully saturated rings. The van der Waals surface area contributed by atoms with Gasteiger partial charge >= 0.3 is 0 Å². The molecule has 130 valence electrons. The first-order chi connectivity index (χ1) is 11.7. The number of aryl methyl sites for hydroxylation is 1. The van der Waals surface area contributed by atoms with Gasteiger partial charge in [0.2, 0.25) is 0 Å². The number of aromatic nitrogens is 1. The highest BCUT2D eigenvalue weighted by atomic mass is 35.5. The molecular weight excluding hydrogens is 340 g/mol. The van der Waals surface area contributed by atoms with E-state index < -0.39 is 0 Å². The lowest BCUT2D eigenvalue weighted by atomic mass is 10.2. The van der Waals surface area contributed by atoms with Gasteiger partial charge in [0.25, 0.3) is 0 Å². The lowest BCUT2D eigenvalue weighted by Gasteiger charge is -2.36. The van der Waals surface area contributed by atoms with E-state index >= 15 is 0 Å². The molecular formula is C18H25ClN4S. The molecule has 4 nitrogen and oxygen atoms in total. The van der Waals surface area contributed by atoms with Crippen LogP contribution in [0.4, 0.5) is 5.69 Å². The lowest BCUT2D eigenvalue weighted by Crippen LogP contribution is -2.46. The Hall–Kier alpha value is -1.14. The van der Waals surface area contributed by atoms with E-state index in [1.54, 1.807) is 11.3 Å². The van der Waals surface area contributed by atoms with Crippen LogP contribution in [-0.4, -0.2) is 49.2 Å². The number of thiazole rings is 1. The minimum absolute atomic E-state index is 0.817. The summed E-state index contributed by atoms with van der Waals surface area (Å²) < 4.78 is 0. The van der Waals surface area contributed by atoms with Crippen LogP contribution in [0.1, 0.15) is 16.3 Å². The molecule has 1 aliphatic rings. The number of hydrogen-bond acceptors (Lipinski definition) is 5. The summed E-state index contributed by atoms with van der Waals surface area (Å²) in [5, 5.41) is 5.47. The monoisotopic (exact) mass is 364 g/mol. The Balaban J connectivity index is 1.31. The smallest absolute Gasteiger partial charge is 0.0897 e. The molecule has 0 radical (unpaired) electrons. The van der Waals surface area contributed by atoms with E-state index in [0.717, 1.165) is 55.8 Å². The minimum atomic E-state index is 0.817. The van der Waals surface area contributed by atoms with Crippen molar-refractivity contribution in [3.05, 3.63) is 45.4 Å². The second-order valence-corrected chi connectivity index (χ2v) is 7.94. The molecule has 0 saturated carbocycles. The molecule has 3 rings (SSSR count). The molecule has 1 N–H and O–H groups in total. The molecule has 1 saturated heterocycles. The van der Waals surface area contributed by atoms with Crippen LogP contribution in [0.15, 0.2) is 30.5 Å². The van der Waals surface area contributed by atoms with Gasteiger partial charge in [-0.15, -0.1) is 11.3 Å². The zero-order valence-corrected chi connectivity index (χ0v) is 15.7. The third-order valence-corrected chi connectivity index (χ3v) is 5.49. The second-order valence-electron chi connectivity index (χ2n) is 6.18. The summed E-state index contributed by atoms with van der Waals surface area (Å²) in [7, 11) is 0. The van der Waals surface area contributed by atoms with Crippen LogP contribution in [0.25, 0.3) is 0 Å². The molecule has 0 amide bonds. The molecule has 0 atom stereocenters. The lowest BCUT2D eigenvalue weighted by molar-refractivity contribution is 0.254. The van der Waals surface area contributed by atoms with Gasteiger partial charge in [0.15, 0.2) is 0 Å². The Morgan fingerprint density at radius 1 is 1.25 bits per heavy atom. The van der Waals surface area contributed by atoms with Crippen molar-refractivity contribution in [2.75, 3.05) is 44.2 Å². The average Bonchev–Trinajstić information content (AvgIpc) is 3.00. The van der Waals surface area contributed by atoms with E-state index in [2.05, 4.69) is 39.2 Å². The third-order valence-electron chi connectivity index (χ3n) is 4.34. The summed E-state index contributed by atoms with van der Waals surface area (Å²) in [5.74, 6) is 0. The van der Waals surface area contributed by atoms with Gasteiger partial charge in [0.05, 0.1) is 5.01 Å². The standard InChI is InChI=1S/C18H25ClN4S/c1-15-21-14-18(24-15)13-20-6-3-7-22-8-10-23(11-9-22)17-5-2-4-16(19)12-17/h2,4-5,12,14,20H,3,6-11,13H2,1H3. The number of halogens is 1. The number of hydrogen-bond donors (Lipinski definition) is 1. The zero-order chi connectivity index (χ0) is 16.8. The van der Waals surface area contributed by atoms with Gasteiger partial charge in [0, 0.05) is 54.5 Å². The van der Waals surface area contributed by atoms with E-state index in [0.29, 0.717) is 0 Å². The summed E-state index contributed by atoms with van der Waals surface area (Å²) >= 11 is 7.86. The summed E-state index contributed by atoms with van der Waals surface area (Å²) in [6.45, 7) is 9.62. The van der Waals surface area contributed by atoms with Gasteiger partial charge < -0.3 is 10.2 Å². The van der Waals surface area contributed by atoms with E-state index in [4.69, 9.17) is 11.6 Å². The van der Waals surface area contributed by atoms with Crippen molar-refractivity contribution in [2.45, 2.75) is 19.9 Å². The number of nitrogens with one attached hydrogen (secondary N) is 1. The second kappa shape index (κ2) is 8.81. The van der Waals surface area contributed by atoms with Gasteiger partial charge in [-0.1, -0.05) is 17.7 Å². The zero-order valence-electron chi connectivity index (χ0n) is 14.2. The molecule has 1 aromatic heterocycles. The van der Waals surface area contributed by atoms with Gasteiger partial charge in [-0.3, -0.25) is 4.90 Å². The fourth-order valence-electron chi connectivity index (χ4n) is 3.03. The SMILES string of the molecule is Cc1ncc(CNCCCN2CCN(c3cccc(Cl)c3)CC2)s1. The predicted molar refractivity (Wildman–Crippen MR) is 103 cm³/mol. The van der Waals surface area contributed by atoms with Gasteiger partial charge in [-0.25, -0.2) is 4.98 Å². The normalized spacial score (nSPS) is 15.8. The van der Waals surface area contributed by atoms with Crippen LogP contribution in [0, 0.1) is 6.92 Å². The van der Waals surface area contributed by atoms with Gasteiger partial charge in [-0.2, -0.15) is 0 Å². The first-order valence-electron chi connectivity index (χ1n) is 8.55. The number of rotatable bonds is 7. The Kier molecular flexibility index (Phi) is 6.49. The van der Waals surface area contributed by atoms with E-state index in [1.165, 1.54) is 17.0 Å². The van der Waals surface area contributed by atoms with Gasteiger partial charge in [0.1, 0.15) is 0 Å². The molecule has 0 spiro atoms. The number of benzene rings is 1. The maximum absolute atomic E-state index is 6.09. The van der Waals surface area contributed by atoms with Crippen LogP contribution in [-0.2, 0) is 6.54 Å². The molecule has 0 bridgehead atoms. The highest BCUT2D eigenvalue weighted by molar-refractivity contribution is 7.11. The minimum Gasteiger partial charge on any atom is -0.369 e. The Labute approximate surface area is 153 Å². The first-order valence-corrected chi connectivity index (χ1v) is 9.75. The molecule has 6 heteroatoms. The van der Waals surface area contributed by atoms with Gasteiger partial charge in [-0.05, 0) is 44.6 Å². The van der Waals surface area contributed by atoms with Crippen LogP contribution in [0.5, 0.6) is 0 Å². The first kappa shape index (κ1) is 17.7. The Morgan fingerprint density at radius 2 is 2.08 bits per heavy atom. The quantitative estimate of drug-likeness (QED) is 0.763. The maximum atomic E-state index is 6.09. The fourth-order valence-corrected chi connectivity index (χ4v) is 3.98. The van der Waals surface area contributed by atoms with Crippen molar-refractivity contribution >= 4 is 28.6 Å². The van der Waals surface area contributed by atoms with E-state index in [-0.39, 0.29) is 0 Å². The maximum Gasteiger partial charge on any atom is 0.0897 e. The average molecular weight is 365 g/mol. The molecule has 1 aliphatic heterocycles. The van der Waals surface area contributed by atoms with E-state index in [1.807, 2.05) is 18.3 Å². The third kappa shape index (κ3) is 5.18. The largest absolute Gasteiger partial charge is 0.369 e. The highest BCUT2D eigenvalue weighted by Gasteiger charge is 2.16. The molecule has 1 aromatic carbocycles. The van der Waals surface area contributed by atoms with E-state index in [9.17, 15) is 0 Å². The fraction of sp³-hybridized carbons (Fsp3) is 0.500. The number of piperazine rings is 1. The summed E-state index contributed by atoms with van der Waals surface area (Å²) in [4.78, 5) is 10.6. The topological polar surface area (TPSA) is 31.4 Å². The molecule has 0 aliphatic carbocycles. The van der Waals surface area contributed by atoms with Crippen LogP contribution in [0.2, 0.25) is 5.02 Å². The highest BCUT2D eigenvalue weighted by Crippen LogP contribution is 2.20. The summed E-state index contributed by atoms with van der Waals surface area (Å²) in [6.07, 6.45) is 3.16. The van der Waals surface area contributed by atoms with Crippen molar-refractivity contribution in [1.29, 1.82) is 0 Å². The number of anilines is 1. The number of nitrogens with zero attached hydrogens (tertiary/aromatic N) is 3. The van der Waals surface area contributed by atoms with Crippen molar-refractivity contribution < 1.29 is 0 Å². The van der Waals surface area contributed by atoms with Crippen LogP contribution >= 0.6 is 22.9 Å². The van der Waals surface area contributed by atoms with Crippen LogP contribution in [0.3, 0.4) is 0 Å². The summed E-state index contributed by atoms with van der Waals surface area (Å²) in [6, 6.07) is 8.16. The predicted octanol–water partition coefficient (Wildman–Crippen LogP) is 3.41. The van der Waals surface area contributed by atoms with Crippen molar-refractivity contribution in [3.8, 4) is 0 Å².